The molecular formula is C19H19ClN2O3. The van der Waals surface area contributed by atoms with E-state index in [9.17, 15) is 9.59 Å². The van der Waals surface area contributed by atoms with Crippen LogP contribution in [-0.4, -0.2) is 18.9 Å². The van der Waals surface area contributed by atoms with Gasteiger partial charge in [-0.1, -0.05) is 17.7 Å². The van der Waals surface area contributed by atoms with E-state index in [0.29, 0.717) is 28.6 Å². The standard InChI is InChI=1S/C19H19ClN2O3/c1-11-8-12(20)6-7-17(11)22-19(24)16-10-15(16)18(23)21-13-4-3-5-14(9-13)25-2/h3-9,15-16H,10H2,1-2H3,(H,21,23)(H,22,24). The van der Waals surface area contributed by atoms with Crippen molar-refractivity contribution in [3.63, 3.8) is 0 Å². The third kappa shape index (κ3) is 4.12. The average molecular weight is 359 g/mol. The molecule has 2 unspecified atom stereocenters. The molecule has 0 aliphatic heterocycles. The Kier molecular flexibility index (Phi) is 4.95. The fraction of sp³-hybridized carbons (Fsp3) is 0.263. The van der Waals surface area contributed by atoms with Gasteiger partial charge in [-0.3, -0.25) is 9.59 Å². The molecule has 0 radical (unpaired) electrons. The van der Waals surface area contributed by atoms with E-state index in [0.717, 1.165) is 5.56 Å². The van der Waals surface area contributed by atoms with Gasteiger partial charge >= 0.3 is 0 Å². The van der Waals surface area contributed by atoms with Crippen LogP contribution in [0.1, 0.15) is 12.0 Å². The maximum absolute atomic E-state index is 12.3. The minimum atomic E-state index is -0.307. The molecule has 0 bridgehead atoms. The van der Waals surface area contributed by atoms with Gasteiger partial charge in [0.15, 0.2) is 0 Å². The lowest BCUT2D eigenvalue weighted by Gasteiger charge is -2.09. The molecule has 1 fully saturated rings. The van der Waals surface area contributed by atoms with Crippen LogP contribution in [0.15, 0.2) is 42.5 Å². The number of carbonyl (C=O) groups is 2. The molecule has 2 aromatic carbocycles. The first kappa shape index (κ1) is 17.3. The molecule has 2 amide bonds. The fourth-order valence-electron chi connectivity index (χ4n) is 2.70. The summed E-state index contributed by atoms with van der Waals surface area (Å²) in [5, 5.41) is 6.32. The number of nitrogens with one attached hydrogen (secondary N) is 2. The van der Waals surface area contributed by atoms with Gasteiger partial charge in [-0.15, -0.1) is 0 Å². The van der Waals surface area contributed by atoms with E-state index >= 15 is 0 Å². The number of rotatable bonds is 5. The largest absolute Gasteiger partial charge is 0.497 e. The van der Waals surface area contributed by atoms with Gasteiger partial charge in [0.2, 0.25) is 11.8 Å². The second-order valence-electron chi connectivity index (χ2n) is 6.12. The van der Waals surface area contributed by atoms with Crippen molar-refractivity contribution >= 4 is 34.8 Å². The van der Waals surface area contributed by atoms with Crippen molar-refractivity contribution in [2.75, 3.05) is 17.7 Å². The number of carbonyl (C=O) groups excluding carboxylic acids is 2. The Morgan fingerprint density at radius 1 is 1.08 bits per heavy atom. The normalized spacial score (nSPS) is 18.4. The van der Waals surface area contributed by atoms with Crippen LogP contribution in [0, 0.1) is 18.8 Å². The van der Waals surface area contributed by atoms with E-state index in [2.05, 4.69) is 10.6 Å². The average Bonchev–Trinajstić information content (AvgIpc) is 3.38. The molecule has 5 nitrogen and oxygen atoms in total. The predicted octanol–water partition coefficient (Wildman–Crippen LogP) is 3.87. The Labute approximate surface area is 151 Å². The molecule has 0 aromatic heterocycles. The molecule has 3 rings (SSSR count). The van der Waals surface area contributed by atoms with Gasteiger partial charge in [0, 0.05) is 22.5 Å². The molecule has 1 saturated carbocycles. The van der Waals surface area contributed by atoms with Gasteiger partial charge in [-0.25, -0.2) is 0 Å². The summed E-state index contributed by atoms with van der Waals surface area (Å²) in [6, 6.07) is 12.4. The number of hydrogen-bond donors (Lipinski definition) is 2. The monoisotopic (exact) mass is 358 g/mol. The number of aryl methyl sites for hydroxylation is 1. The summed E-state index contributed by atoms with van der Waals surface area (Å²) in [5.41, 5.74) is 2.26. The smallest absolute Gasteiger partial charge is 0.228 e. The molecule has 2 N–H and O–H groups in total. The Balaban J connectivity index is 1.57. The first-order valence-corrected chi connectivity index (χ1v) is 8.37. The summed E-state index contributed by atoms with van der Waals surface area (Å²) in [5.74, 6) is -0.238. The minimum absolute atomic E-state index is 0.142. The molecule has 1 aliphatic carbocycles. The van der Waals surface area contributed by atoms with Crippen LogP contribution in [0.3, 0.4) is 0 Å². The number of halogens is 1. The zero-order valence-corrected chi connectivity index (χ0v) is 14.8. The van der Waals surface area contributed by atoms with E-state index in [1.807, 2.05) is 6.92 Å². The zero-order chi connectivity index (χ0) is 18.0. The highest BCUT2D eigenvalue weighted by atomic mass is 35.5. The van der Waals surface area contributed by atoms with Crippen molar-refractivity contribution in [1.82, 2.24) is 0 Å². The van der Waals surface area contributed by atoms with Gasteiger partial charge in [0.05, 0.1) is 18.9 Å². The van der Waals surface area contributed by atoms with Crippen LogP contribution in [0.5, 0.6) is 5.75 Å². The van der Waals surface area contributed by atoms with Crippen molar-refractivity contribution < 1.29 is 14.3 Å². The number of hydrogen-bond acceptors (Lipinski definition) is 3. The highest BCUT2D eigenvalue weighted by Crippen LogP contribution is 2.40. The summed E-state index contributed by atoms with van der Waals surface area (Å²) in [6.45, 7) is 1.88. The molecule has 0 heterocycles. The third-order valence-electron chi connectivity index (χ3n) is 4.25. The van der Waals surface area contributed by atoms with Gasteiger partial charge < -0.3 is 15.4 Å². The fourth-order valence-corrected chi connectivity index (χ4v) is 2.93. The van der Waals surface area contributed by atoms with Crippen LogP contribution >= 0.6 is 11.6 Å². The van der Waals surface area contributed by atoms with Gasteiger partial charge in [0.25, 0.3) is 0 Å². The minimum Gasteiger partial charge on any atom is -0.497 e. The Morgan fingerprint density at radius 2 is 1.80 bits per heavy atom. The molecule has 2 aromatic rings. The maximum Gasteiger partial charge on any atom is 0.228 e. The van der Waals surface area contributed by atoms with E-state index in [1.54, 1.807) is 49.6 Å². The third-order valence-corrected chi connectivity index (χ3v) is 4.48. The lowest BCUT2D eigenvalue weighted by atomic mass is 10.2. The number of methoxy groups -OCH3 is 1. The number of ether oxygens (including phenoxy) is 1. The maximum atomic E-state index is 12.3. The van der Waals surface area contributed by atoms with Crippen LogP contribution in [0.2, 0.25) is 5.02 Å². The first-order chi connectivity index (χ1) is 12.0. The second-order valence-corrected chi connectivity index (χ2v) is 6.55. The molecule has 130 valence electrons. The van der Waals surface area contributed by atoms with E-state index in [-0.39, 0.29) is 23.7 Å². The van der Waals surface area contributed by atoms with Crippen LogP contribution in [-0.2, 0) is 9.59 Å². The Morgan fingerprint density at radius 3 is 2.48 bits per heavy atom. The summed E-state index contributed by atoms with van der Waals surface area (Å²) in [6.07, 6.45) is 0.550. The van der Waals surface area contributed by atoms with Crippen molar-refractivity contribution in [1.29, 1.82) is 0 Å². The Hall–Kier alpha value is -2.53. The van der Waals surface area contributed by atoms with Crippen LogP contribution in [0.25, 0.3) is 0 Å². The summed E-state index contributed by atoms with van der Waals surface area (Å²) < 4.78 is 5.13. The molecule has 0 spiro atoms. The van der Waals surface area contributed by atoms with Crippen molar-refractivity contribution in [3.05, 3.63) is 53.1 Å². The SMILES string of the molecule is COc1cccc(NC(=O)C2CC2C(=O)Nc2ccc(Cl)cc2C)c1. The second kappa shape index (κ2) is 7.15. The molecule has 0 saturated heterocycles. The van der Waals surface area contributed by atoms with Crippen LogP contribution < -0.4 is 15.4 Å². The van der Waals surface area contributed by atoms with E-state index in [4.69, 9.17) is 16.3 Å². The predicted molar refractivity (Wildman–Crippen MR) is 98.0 cm³/mol. The molecular weight excluding hydrogens is 340 g/mol. The summed E-state index contributed by atoms with van der Waals surface area (Å²) in [4.78, 5) is 24.6. The number of anilines is 2. The first-order valence-electron chi connectivity index (χ1n) is 8.00. The van der Waals surface area contributed by atoms with Crippen molar-refractivity contribution in [2.45, 2.75) is 13.3 Å². The molecule has 2 atom stereocenters. The summed E-state index contributed by atoms with van der Waals surface area (Å²) >= 11 is 5.92. The van der Waals surface area contributed by atoms with Gasteiger partial charge in [-0.05, 0) is 49.2 Å². The van der Waals surface area contributed by atoms with Gasteiger partial charge in [-0.2, -0.15) is 0 Å². The molecule has 1 aliphatic rings. The van der Waals surface area contributed by atoms with E-state index in [1.165, 1.54) is 0 Å². The van der Waals surface area contributed by atoms with Crippen LogP contribution in [0.4, 0.5) is 11.4 Å². The van der Waals surface area contributed by atoms with Gasteiger partial charge in [0.1, 0.15) is 5.75 Å². The quantitative estimate of drug-likeness (QED) is 0.852. The zero-order valence-electron chi connectivity index (χ0n) is 14.0. The molecule has 25 heavy (non-hydrogen) atoms. The number of amides is 2. The molecule has 6 heteroatoms. The highest BCUT2D eigenvalue weighted by Gasteiger charge is 2.48. The lowest BCUT2D eigenvalue weighted by molar-refractivity contribution is -0.122. The number of benzene rings is 2. The summed E-state index contributed by atoms with van der Waals surface area (Å²) in [7, 11) is 1.57. The Bertz CT molecular complexity index is 822. The van der Waals surface area contributed by atoms with Crippen molar-refractivity contribution in [2.24, 2.45) is 11.8 Å². The van der Waals surface area contributed by atoms with Crippen molar-refractivity contribution in [3.8, 4) is 5.75 Å². The highest BCUT2D eigenvalue weighted by molar-refractivity contribution is 6.30. The lowest BCUT2D eigenvalue weighted by Crippen LogP contribution is -2.20. The topological polar surface area (TPSA) is 67.4 Å². The van der Waals surface area contributed by atoms with E-state index < -0.39 is 0 Å².